The van der Waals surface area contributed by atoms with Gasteiger partial charge in [0.25, 0.3) is 5.91 Å². The second-order valence-corrected chi connectivity index (χ2v) is 5.17. The lowest BCUT2D eigenvalue weighted by Gasteiger charge is -2.23. The highest BCUT2D eigenvalue weighted by Crippen LogP contribution is 2.19. The highest BCUT2D eigenvalue weighted by Gasteiger charge is 2.21. The predicted octanol–water partition coefficient (Wildman–Crippen LogP) is 1.63. The first-order valence-electron chi connectivity index (χ1n) is 6.99. The Balaban J connectivity index is 2.35. The van der Waals surface area contributed by atoms with Gasteiger partial charge in [0.15, 0.2) is 5.69 Å². The maximum Gasteiger partial charge on any atom is 0.275 e. The third-order valence-electron chi connectivity index (χ3n) is 3.56. The molecule has 0 aliphatic rings. The summed E-state index contributed by atoms with van der Waals surface area (Å²) >= 11 is 0. The summed E-state index contributed by atoms with van der Waals surface area (Å²) in [6.07, 6.45) is 0. The van der Waals surface area contributed by atoms with Crippen molar-refractivity contribution in [2.75, 3.05) is 19.6 Å². The van der Waals surface area contributed by atoms with Gasteiger partial charge in [-0.3, -0.25) is 9.48 Å². The van der Waals surface area contributed by atoms with E-state index in [2.05, 4.69) is 5.10 Å². The summed E-state index contributed by atoms with van der Waals surface area (Å²) in [5.74, 6) is 0.262. The van der Waals surface area contributed by atoms with Crippen molar-refractivity contribution >= 4 is 16.8 Å². The molecule has 1 aromatic heterocycles. The molecular weight excluding hydrogens is 252 g/mol. The van der Waals surface area contributed by atoms with Crippen molar-refractivity contribution in [3.63, 3.8) is 0 Å². The molecule has 1 heterocycles. The molecule has 1 amide bonds. The van der Waals surface area contributed by atoms with E-state index in [1.807, 2.05) is 50.1 Å². The van der Waals surface area contributed by atoms with Gasteiger partial charge in [-0.15, -0.1) is 0 Å². The number of carbonyl (C=O) groups excluding carboxylic acids is 1. The predicted molar refractivity (Wildman–Crippen MR) is 80.5 cm³/mol. The highest BCUT2D eigenvalue weighted by atomic mass is 16.2. The topological polar surface area (TPSA) is 64.2 Å². The van der Waals surface area contributed by atoms with E-state index in [1.54, 1.807) is 4.68 Å². The van der Waals surface area contributed by atoms with Crippen molar-refractivity contribution in [3.05, 3.63) is 30.0 Å². The Kier molecular flexibility index (Phi) is 4.39. The molecule has 0 saturated heterocycles. The van der Waals surface area contributed by atoms with Gasteiger partial charge in [0.05, 0.1) is 5.52 Å². The first-order chi connectivity index (χ1) is 9.58. The quantitative estimate of drug-likeness (QED) is 0.901. The van der Waals surface area contributed by atoms with Crippen LogP contribution < -0.4 is 5.73 Å². The van der Waals surface area contributed by atoms with E-state index in [1.165, 1.54) is 0 Å². The largest absolute Gasteiger partial charge is 0.337 e. The first kappa shape index (κ1) is 14.5. The van der Waals surface area contributed by atoms with Crippen LogP contribution >= 0.6 is 0 Å². The normalized spacial score (nSPS) is 12.6. The molecule has 2 N–H and O–H groups in total. The Morgan fingerprint density at radius 1 is 1.45 bits per heavy atom. The van der Waals surface area contributed by atoms with Crippen LogP contribution in [0, 0.1) is 5.92 Å². The standard InChI is InChI=1S/C15H22N4O/c1-4-19(10-11(2)9-16)15(20)14-12-7-5-6-8-13(12)18(3)17-14/h5-8,11H,4,9-10,16H2,1-3H3. The highest BCUT2D eigenvalue weighted by molar-refractivity contribution is 6.04. The number of rotatable bonds is 5. The molecule has 5 nitrogen and oxygen atoms in total. The third kappa shape index (κ3) is 2.67. The molecule has 108 valence electrons. The van der Waals surface area contributed by atoms with Gasteiger partial charge in [0, 0.05) is 25.5 Å². The number of nitrogens with zero attached hydrogens (tertiary/aromatic N) is 3. The molecule has 0 fully saturated rings. The number of aryl methyl sites for hydroxylation is 1. The fourth-order valence-electron chi connectivity index (χ4n) is 2.33. The van der Waals surface area contributed by atoms with Crippen molar-refractivity contribution < 1.29 is 4.79 Å². The van der Waals surface area contributed by atoms with Gasteiger partial charge >= 0.3 is 0 Å². The second kappa shape index (κ2) is 6.05. The van der Waals surface area contributed by atoms with Gasteiger partial charge in [0.1, 0.15) is 0 Å². The van der Waals surface area contributed by atoms with E-state index in [4.69, 9.17) is 5.73 Å². The van der Waals surface area contributed by atoms with Crippen molar-refractivity contribution in [2.24, 2.45) is 18.7 Å². The number of benzene rings is 1. The van der Waals surface area contributed by atoms with Gasteiger partial charge in [-0.05, 0) is 25.5 Å². The van der Waals surface area contributed by atoms with Crippen LogP contribution in [-0.2, 0) is 7.05 Å². The zero-order chi connectivity index (χ0) is 14.7. The molecule has 1 atom stereocenters. The number of nitrogens with two attached hydrogens (primary N) is 1. The van der Waals surface area contributed by atoms with Crippen LogP contribution in [-0.4, -0.2) is 40.2 Å². The number of amides is 1. The van der Waals surface area contributed by atoms with E-state index in [0.717, 1.165) is 10.9 Å². The average molecular weight is 274 g/mol. The summed E-state index contributed by atoms with van der Waals surface area (Å²) in [5, 5.41) is 5.29. The minimum atomic E-state index is -0.0235. The van der Waals surface area contributed by atoms with Crippen LogP contribution in [0.1, 0.15) is 24.3 Å². The van der Waals surface area contributed by atoms with Gasteiger partial charge in [0.2, 0.25) is 0 Å². The summed E-state index contributed by atoms with van der Waals surface area (Å²) in [7, 11) is 1.86. The Morgan fingerprint density at radius 2 is 2.15 bits per heavy atom. The number of hydrogen-bond acceptors (Lipinski definition) is 3. The number of carbonyl (C=O) groups is 1. The Bertz CT molecular complexity index is 605. The monoisotopic (exact) mass is 274 g/mol. The van der Waals surface area contributed by atoms with Crippen LogP contribution in [0.2, 0.25) is 0 Å². The molecule has 0 aliphatic carbocycles. The van der Waals surface area contributed by atoms with Crippen molar-refractivity contribution in [2.45, 2.75) is 13.8 Å². The minimum absolute atomic E-state index is 0.0235. The van der Waals surface area contributed by atoms with Crippen molar-refractivity contribution in [3.8, 4) is 0 Å². The molecule has 1 aromatic carbocycles. The molecule has 20 heavy (non-hydrogen) atoms. The summed E-state index contributed by atoms with van der Waals surface area (Å²) in [4.78, 5) is 14.5. The lowest BCUT2D eigenvalue weighted by Crippen LogP contribution is -2.36. The smallest absolute Gasteiger partial charge is 0.275 e. The summed E-state index contributed by atoms with van der Waals surface area (Å²) in [5.41, 5.74) is 7.14. The minimum Gasteiger partial charge on any atom is -0.337 e. The maximum absolute atomic E-state index is 12.7. The van der Waals surface area contributed by atoms with E-state index in [0.29, 0.717) is 25.3 Å². The molecule has 5 heteroatoms. The fraction of sp³-hybridized carbons (Fsp3) is 0.467. The van der Waals surface area contributed by atoms with Crippen molar-refractivity contribution in [1.82, 2.24) is 14.7 Å². The Hall–Kier alpha value is -1.88. The zero-order valence-corrected chi connectivity index (χ0v) is 12.3. The van der Waals surface area contributed by atoms with E-state index < -0.39 is 0 Å². The van der Waals surface area contributed by atoms with Crippen LogP contribution in [0.15, 0.2) is 24.3 Å². The SMILES string of the molecule is CCN(CC(C)CN)C(=O)c1nn(C)c2ccccc12. The number of aromatic nitrogens is 2. The Morgan fingerprint density at radius 3 is 2.80 bits per heavy atom. The molecular formula is C15H22N4O. The van der Waals surface area contributed by atoms with Gasteiger partial charge in [-0.2, -0.15) is 5.10 Å². The first-order valence-corrected chi connectivity index (χ1v) is 6.99. The summed E-state index contributed by atoms with van der Waals surface area (Å²) in [6, 6.07) is 7.79. The fourth-order valence-corrected chi connectivity index (χ4v) is 2.33. The van der Waals surface area contributed by atoms with Crippen LogP contribution in [0.25, 0.3) is 10.9 Å². The molecule has 2 aromatic rings. The Labute approximate surface area is 119 Å². The molecule has 0 radical (unpaired) electrons. The third-order valence-corrected chi connectivity index (χ3v) is 3.56. The van der Waals surface area contributed by atoms with Gasteiger partial charge in [-0.1, -0.05) is 25.1 Å². The van der Waals surface area contributed by atoms with E-state index in [-0.39, 0.29) is 11.8 Å². The maximum atomic E-state index is 12.7. The molecule has 1 unspecified atom stereocenters. The lowest BCUT2D eigenvalue weighted by molar-refractivity contribution is 0.0739. The molecule has 0 saturated carbocycles. The summed E-state index contributed by atoms with van der Waals surface area (Å²) in [6.45, 7) is 5.93. The second-order valence-electron chi connectivity index (χ2n) is 5.17. The molecule has 2 rings (SSSR count). The van der Waals surface area contributed by atoms with Crippen LogP contribution in [0.3, 0.4) is 0 Å². The zero-order valence-electron chi connectivity index (χ0n) is 12.3. The summed E-state index contributed by atoms with van der Waals surface area (Å²) < 4.78 is 1.75. The lowest BCUT2D eigenvalue weighted by atomic mass is 10.1. The average Bonchev–Trinajstić information content (AvgIpc) is 2.81. The van der Waals surface area contributed by atoms with E-state index in [9.17, 15) is 4.79 Å². The molecule has 0 spiro atoms. The number of hydrogen-bond donors (Lipinski definition) is 1. The van der Waals surface area contributed by atoms with Crippen molar-refractivity contribution in [1.29, 1.82) is 0 Å². The van der Waals surface area contributed by atoms with Crippen LogP contribution in [0.5, 0.6) is 0 Å². The van der Waals surface area contributed by atoms with Crippen LogP contribution in [0.4, 0.5) is 0 Å². The van der Waals surface area contributed by atoms with Gasteiger partial charge < -0.3 is 10.6 Å². The van der Waals surface area contributed by atoms with E-state index >= 15 is 0 Å². The van der Waals surface area contributed by atoms with Gasteiger partial charge in [-0.25, -0.2) is 0 Å². The number of para-hydroxylation sites is 1. The number of fused-ring (bicyclic) bond motifs is 1. The molecule has 0 aliphatic heterocycles. The molecule has 0 bridgehead atoms.